The molecule has 6 nitrogen and oxygen atoms in total. The number of nitrogens with one attached hydrogen (secondary N) is 2. The summed E-state index contributed by atoms with van der Waals surface area (Å²) in [5.41, 5.74) is 2.11. The van der Waals surface area contributed by atoms with E-state index in [1.165, 1.54) is 11.3 Å². The smallest absolute Gasteiger partial charge is 0.248 e. The maximum Gasteiger partial charge on any atom is 0.248 e. The van der Waals surface area contributed by atoms with Crippen LogP contribution in [0.5, 0.6) is 0 Å². The molecule has 0 aliphatic rings. The minimum absolute atomic E-state index is 0.0959. The van der Waals surface area contributed by atoms with Gasteiger partial charge in [0.25, 0.3) is 0 Å². The summed E-state index contributed by atoms with van der Waals surface area (Å²) in [6.45, 7) is 5.81. The quantitative estimate of drug-likeness (QED) is 0.652. The molecule has 0 fully saturated rings. The molecule has 0 bridgehead atoms. The zero-order valence-electron chi connectivity index (χ0n) is 15.5. The Morgan fingerprint density at radius 2 is 2.00 bits per heavy atom. The number of aromatic nitrogens is 2. The number of amides is 2. The Bertz CT molecular complexity index is 745. The van der Waals surface area contributed by atoms with Crippen molar-refractivity contribution in [3.8, 4) is 10.6 Å². The fourth-order valence-corrected chi connectivity index (χ4v) is 3.22. The number of hydrogen-bond acceptors (Lipinski definition) is 5. The molecule has 2 rings (SSSR count). The van der Waals surface area contributed by atoms with E-state index in [4.69, 9.17) is 0 Å². The van der Waals surface area contributed by atoms with Gasteiger partial charge in [-0.05, 0) is 26.3 Å². The first-order chi connectivity index (χ1) is 12.5. The Hall–Kier alpha value is -2.28. The fourth-order valence-electron chi connectivity index (χ4n) is 2.47. The third kappa shape index (κ3) is 6.22. The van der Waals surface area contributed by atoms with Gasteiger partial charge in [0, 0.05) is 12.0 Å². The van der Waals surface area contributed by atoms with E-state index in [0.29, 0.717) is 11.6 Å². The van der Waals surface area contributed by atoms with Crippen LogP contribution in [-0.2, 0) is 9.59 Å². The fraction of sp³-hybridized carbons (Fsp3) is 0.474. The molecule has 0 radical (unpaired) electrons. The maximum atomic E-state index is 12.2. The van der Waals surface area contributed by atoms with E-state index in [1.807, 2.05) is 31.2 Å². The lowest BCUT2D eigenvalue weighted by molar-refractivity contribution is -0.126. The number of rotatable bonds is 9. The highest BCUT2D eigenvalue weighted by atomic mass is 32.1. The highest BCUT2D eigenvalue weighted by molar-refractivity contribution is 7.18. The van der Waals surface area contributed by atoms with E-state index in [1.54, 1.807) is 6.92 Å². The van der Waals surface area contributed by atoms with Crippen LogP contribution in [0.25, 0.3) is 10.6 Å². The molecule has 1 heterocycles. The number of anilines is 1. The number of hydrogen-bond donors (Lipinski definition) is 2. The predicted molar refractivity (Wildman–Crippen MR) is 105 cm³/mol. The van der Waals surface area contributed by atoms with Gasteiger partial charge in [0.15, 0.2) is 0 Å². The molecule has 2 amide bonds. The topological polar surface area (TPSA) is 84.0 Å². The monoisotopic (exact) mass is 374 g/mol. The second-order valence-corrected chi connectivity index (χ2v) is 7.35. The summed E-state index contributed by atoms with van der Waals surface area (Å²) >= 11 is 1.31. The highest BCUT2D eigenvalue weighted by Gasteiger charge is 2.17. The van der Waals surface area contributed by atoms with E-state index in [9.17, 15) is 9.59 Å². The number of carbonyl (C=O) groups is 2. The van der Waals surface area contributed by atoms with Crippen LogP contribution in [0.15, 0.2) is 24.3 Å². The normalized spacial score (nSPS) is 11.8. The average Bonchev–Trinajstić information content (AvgIpc) is 3.07. The summed E-state index contributed by atoms with van der Waals surface area (Å²) in [4.78, 5) is 24.1. The van der Waals surface area contributed by atoms with E-state index in [-0.39, 0.29) is 11.8 Å². The van der Waals surface area contributed by atoms with Gasteiger partial charge >= 0.3 is 0 Å². The van der Waals surface area contributed by atoms with E-state index in [0.717, 1.165) is 41.8 Å². The highest BCUT2D eigenvalue weighted by Crippen LogP contribution is 2.26. The molecule has 1 aromatic heterocycles. The summed E-state index contributed by atoms with van der Waals surface area (Å²) in [5.74, 6) is -0.389. The van der Waals surface area contributed by atoms with Crippen molar-refractivity contribution in [3.63, 3.8) is 0 Å². The minimum Gasteiger partial charge on any atom is -0.345 e. The molecule has 140 valence electrons. The number of nitrogens with zero attached hydrogens (tertiary/aromatic N) is 2. The number of aryl methyl sites for hydroxylation is 1. The molecule has 2 N–H and O–H groups in total. The van der Waals surface area contributed by atoms with Gasteiger partial charge in [-0.15, -0.1) is 10.2 Å². The van der Waals surface area contributed by atoms with Gasteiger partial charge in [-0.2, -0.15) is 0 Å². The van der Waals surface area contributed by atoms with Gasteiger partial charge in [-0.1, -0.05) is 61.3 Å². The summed E-state index contributed by atoms with van der Waals surface area (Å²) in [7, 11) is 0. The van der Waals surface area contributed by atoms with Crippen molar-refractivity contribution < 1.29 is 9.59 Å². The molecular weight excluding hydrogens is 348 g/mol. The van der Waals surface area contributed by atoms with Crippen molar-refractivity contribution in [2.24, 2.45) is 0 Å². The molecule has 1 atom stereocenters. The Labute approximate surface area is 158 Å². The molecular formula is C19H26N4O2S. The van der Waals surface area contributed by atoms with Crippen molar-refractivity contribution in [3.05, 3.63) is 29.8 Å². The minimum atomic E-state index is -0.611. The van der Waals surface area contributed by atoms with Gasteiger partial charge in [0.1, 0.15) is 11.0 Å². The van der Waals surface area contributed by atoms with Crippen LogP contribution < -0.4 is 10.6 Å². The van der Waals surface area contributed by atoms with Gasteiger partial charge in [0.05, 0.1) is 0 Å². The standard InChI is InChI=1S/C19H26N4O2S/c1-4-5-6-7-11-16(24)20-14(3)17(25)21-19-23-22-18(26-19)15-10-8-9-13(2)12-15/h8-10,12,14H,4-7,11H2,1-3H3,(H,20,24)(H,21,23,25)/t14-/m1/s1. The zero-order valence-corrected chi connectivity index (χ0v) is 16.4. The molecule has 0 saturated heterocycles. The lowest BCUT2D eigenvalue weighted by atomic mass is 10.1. The van der Waals surface area contributed by atoms with Crippen LogP contribution in [0.1, 0.15) is 51.5 Å². The van der Waals surface area contributed by atoms with Crippen LogP contribution in [0.3, 0.4) is 0 Å². The molecule has 7 heteroatoms. The summed E-state index contributed by atoms with van der Waals surface area (Å²) in [6, 6.07) is 7.34. The molecule has 1 aromatic carbocycles. The summed E-state index contributed by atoms with van der Waals surface area (Å²) < 4.78 is 0. The molecule has 0 aliphatic heterocycles. The summed E-state index contributed by atoms with van der Waals surface area (Å²) in [6.07, 6.45) is 4.60. The first-order valence-electron chi connectivity index (χ1n) is 9.00. The van der Waals surface area contributed by atoms with Crippen LogP contribution >= 0.6 is 11.3 Å². The zero-order chi connectivity index (χ0) is 18.9. The van der Waals surface area contributed by atoms with Crippen molar-refractivity contribution in [1.29, 1.82) is 0 Å². The molecule has 26 heavy (non-hydrogen) atoms. The molecule has 0 spiro atoms. The van der Waals surface area contributed by atoms with Crippen LogP contribution in [0.4, 0.5) is 5.13 Å². The second-order valence-electron chi connectivity index (χ2n) is 6.37. The Balaban J connectivity index is 1.84. The van der Waals surface area contributed by atoms with Crippen LogP contribution in [0.2, 0.25) is 0 Å². The second kappa shape index (κ2) is 10.0. The van der Waals surface area contributed by atoms with Crippen molar-refractivity contribution in [2.75, 3.05) is 5.32 Å². The SMILES string of the molecule is CCCCCCC(=O)N[C@H](C)C(=O)Nc1nnc(-c2cccc(C)c2)s1. The van der Waals surface area contributed by atoms with Crippen molar-refractivity contribution in [1.82, 2.24) is 15.5 Å². The van der Waals surface area contributed by atoms with E-state index in [2.05, 4.69) is 27.8 Å². The molecule has 0 aliphatic carbocycles. The third-order valence-corrected chi connectivity index (χ3v) is 4.84. The van der Waals surface area contributed by atoms with Gasteiger partial charge in [-0.25, -0.2) is 0 Å². The molecule has 0 unspecified atom stereocenters. The number of benzene rings is 1. The first kappa shape index (κ1) is 20.0. The Kier molecular flexibility index (Phi) is 7.72. The lowest BCUT2D eigenvalue weighted by Gasteiger charge is -2.12. The van der Waals surface area contributed by atoms with E-state index < -0.39 is 6.04 Å². The van der Waals surface area contributed by atoms with E-state index >= 15 is 0 Å². The number of carbonyl (C=O) groups excluding carboxylic acids is 2. The summed E-state index contributed by atoms with van der Waals surface area (Å²) in [5, 5.41) is 14.8. The molecule has 2 aromatic rings. The lowest BCUT2D eigenvalue weighted by Crippen LogP contribution is -2.41. The maximum absolute atomic E-state index is 12.2. The van der Waals surface area contributed by atoms with Crippen molar-refractivity contribution >= 4 is 28.3 Å². The Morgan fingerprint density at radius 3 is 2.73 bits per heavy atom. The third-order valence-electron chi connectivity index (χ3n) is 3.95. The number of unbranched alkanes of at least 4 members (excludes halogenated alkanes) is 3. The van der Waals surface area contributed by atoms with Crippen molar-refractivity contribution in [2.45, 2.75) is 58.9 Å². The van der Waals surface area contributed by atoms with Gasteiger partial charge in [-0.3, -0.25) is 14.9 Å². The van der Waals surface area contributed by atoms with Gasteiger partial charge < -0.3 is 5.32 Å². The largest absolute Gasteiger partial charge is 0.345 e. The first-order valence-corrected chi connectivity index (χ1v) is 9.82. The van der Waals surface area contributed by atoms with Crippen LogP contribution in [-0.4, -0.2) is 28.1 Å². The van der Waals surface area contributed by atoms with Crippen LogP contribution in [0, 0.1) is 6.92 Å². The average molecular weight is 375 g/mol. The predicted octanol–water partition coefficient (Wildman–Crippen LogP) is 3.93. The molecule has 0 saturated carbocycles. The van der Waals surface area contributed by atoms with Gasteiger partial charge in [0.2, 0.25) is 16.9 Å². The Morgan fingerprint density at radius 1 is 1.19 bits per heavy atom.